The zero-order chi connectivity index (χ0) is 15.6. The molecule has 0 bridgehead atoms. The van der Waals surface area contributed by atoms with Crippen molar-refractivity contribution in [2.45, 2.75) is 18.9 Å². The van der Waals surface area contributed by atoms with Crippen LogP contribution in [0.2, 0.25) is 0 Å². The Labute approximate surface area is 135 Å². The fourth-order valence-corrected chi connectivity index (χ4v) is 3.21. The van der Waals surface area contributed by atoms with Gasteiger partial charge in [0.1, 0.15) is 17.7 Å². The van der Waals surface area contributed by atoms with Crippen LogP contribution in [0.3, 0.4) is 0 Å². The summed E-state index contributed by atoms with van der Waals surface area (Å²) in [6, 6.07) is 8.38. The van der Waals surface area contributed by atoms with E-state index in [-0.39, 0.29) is 6.10 Å². The van der Waals surface area contributed by atoms with Gasteiger partial charge in [0.15, 0.2) is 0 Å². The Bertz CT molecular complexity index is 791. The Balaban J connectivity index is 1.45. The highest BCUT2D eigenvalue weighted by Gasteiger charge is 2.22. The standard InChI is InChI=1S/C18H20N4O/c1-21-10-7-15-16(21)3-2-4-17(15)23-14-5-11-22(12-6-14)18-13-19-8-9-20-18/h2-4,7-10,13-14H,5-6,11-12H2,1H3. The summed E-state index contributed by atoms with van der Waals surface area (Å²) in [6.45, 7) is 1.91. The maximum Gasteiger partial charge on any atom is 0.147 e. The molecule has 5 nitrogen and oxygen atoms in total. The number of anilines is 1. The smallest absolute Gasteiger partial charge is 0.147 e. The average molecular weight is 308 g/mol. The van der Waals surface area contributed by atoms with Gasteiger partial charge in [-0.05, 0) is 18.2 Å². The predicted molar refractivity (Wildman–Crippen MR) is 90.8 cm³/mol. The third-order valence-corrected chi connectivity index (χ3v) is 4.50. The van der Waals surface area contributed by atoms with Gasteiger partial charge in [-0.3, -0.25) is 4.98 Å². The molecule has 4 rings (SSSR count). The number of aryl methyl sites for hydroxylation is 1. The highest BCUT2D eigenvalue weighted by atomic mass is 16.5. The molecule has 0 saturated carbocycles. The first-order chi connectivity index (χ1) is 11.3. The SMILES string of the molecule is Cn1ccc2c(OC3CCN(c4cnccn4)CC3)cccc21. The van der Waals surface area contributed by atoms with Crippen LogP contribution in [0.25, 0.3) is 10.9 Å². The molecule has 23 heavy (non-hydrogen) atoms. The van der Waals surface area contributed by atoms with Crippen LogP contribution in [0.15, 0.2) is 49.1 Å². The molecule has 0 N–H and O–H groups in total. The molecule has 1 saturated heterocycles. The van der Waals surface area contributed by atoms with Crippen molar-refractivity contribution in [3.63, 3.8) is 0 Å². The summed E-state index contributed by atoms with van der Waals surface area (Å²) in [5.41, 5.74) is 1.21. The molecule has 0 radical (unpaired) electrons. The summed E-state index contributed by atoms with van der Waals surface area (Å²) < 4.78 is 8.41. The van der Waals surface area contributed by atoms with E-state index in [9.17, 15) is 0 Å². The molecular formula is C18H20N4O. The lowest BCUT2D eigenvalue weighted by Gasteiger charge is -2.32. The molecule has 1 aliphatic rings. The first kappa shape index (κ1) is 14.1. The molecule has 0 atom stereocenters. The number of aromatic nitrogens is 3. The van der Waals surface area contributed by atoms with Gasteiger partial charge in [0, 0.05) is 57.0 Å². The topological polar surface area (TPSA) is 43.2 Å². The van der Waals surface area contributed by atoms with Gasteiger partial charge in [-0.25, -0.2) is 4.98 Å². The van der Waals surface area contributed by atoms with Gasteiger partial charge in [-0.2, -0.15) is 0 Å². The Kier molecular flexibility index (Phi) is 3.61. The molecule has 3 heterocycles. The summed E-state index contributed by atoms with van der Waals surface area (Å²) in [5, 5.41) is 1.19. The molecule has 0 amide bonds. The normalized spacial score (nSPS) is 16.0. The molecule has 1 fully saturated rings. The van der Waals surface area contributed by atoms with E-state index in [0.29, 0.717) is 0 Å². The van der Waals surface area contributed by atoms with Gasteiger partial charge in [-0.1, -0.05) is 6.07 Å². The minimum Gasteiger partial charge on any atom is -0.490 e. The van der Waals surface area contributed by atoms with E-state index in [1.807, 2.05) is 6.20 Å². The zero-order valence-corrected chi connectivity index (χ0v) is 13.2. The van der Waals surface area contributed by atoms with E-state index in [1.54, 1.807) is 12.4 Å². The summed E-state index contributed by atoms with van der Waals surface area (Å²) in [5.74, 6) is 1.94. The Morgan fingerprint density at radius 3 is 2.78 bits per heavy atom. The van der Waals surface area contributed by atoms with Crippen LogP contribution in [-0.2, 0) is 7.05 Å². The maximum atomic E-state index is 6.29. The lowest BCUT2D eigenvalue weighted by atomic mass is 10.1. The van der Waals surface area contributed by atoms with Crippen LogP contribution >= 0.6 is 0 Å². The van der Waals surface area contributed by atoms with E-state index >= 15 is 0 Å². The van der Waals surface area contributed by atoms with Crippen LogP contribution in [0.4, 0.5) is 5.82 Å². The van der Waals surface area contributed by atoms with Crippen LogP contribution in [0.1, 0.15) is 12.8 Å². The van der Waals surface area contributed by atoms with Crippen molar-refractivity contribution in [2.75, 3.05) is 18.0 Å². The minimum atomic E-state index is 0.258. The van der Waals surface area contributed by atoms with Crippen molar-refractivity contribution in [3.05, 3.63) is 49.1 Å². The van der Waals surface area contributed by atoms with Crippen molar-refractivity contribution in [2.24, 2.45) is 7.05 Å². The first-order valence-electron chi connectivity index (χ1n) is 8.03. The molecule has 0 aliphatic carbocycles. The van der Waals surface area contributed by atoms with E-state index in [0.717, 1.165) is 37.5 Å². The molecule has 118 valence electrons. The number of rotatable bonds is 3. The molecule has 0 spiro atoms. The fourth-order valence-electron chi connectivity index (χ4n) is 3.21. The van der Waals surface area contributed by atoms with Crippen LogP contribution in [0.5, 0.6) is 5.75 Å². The van der Waals surface area contributed by atoms with Crippen molar-refractivity contribution >= 4 is 16.7 Å². The van der Waals surface area contributed by atoms with Crippen LogP contribution < -0.4 is 9.64 Å². The summed E-state index contributed by atoms with van der Waals surface area (Å²) in [4.78, 5) is 10.8. The van der Waals surface area contributed by atoms with Gasteiger partial charge in [-0.15, -0.1) is 0 Å². The largest absolute Gasteiger partial charge is 0.490 e. The number of nitrogens with zero attached hydrogens (tertiary/aromatic N) is 4. The third-order valence-electron chi connectivity index (χ3n) is 4.50. The Morgan fingerprint density at radius 1 is 1.13 bits per heavy atom. The van der Waals surface area contributed by atoms with E-state index in [2.05, 4.69) is 56.9 Å². The minimum absolute atomic E-state index is 0.258. The predicted octanol–water partition coefficient (Wildman–Crippen LogP) is 3.02. The van der Waals surface area contributed by atoms with E-state index in [4.69, 9.17) is 4.74 Å². The molecule has 0 unspecified atom stereocenters. The van der Waals surface area contributed by atoms with Crippen molar-refractivity contribution < 1.29 is 4.74 Å². The number of ether oxygens (including phenoxy) is 1. The van der Waals surface area contributed by atoms with Crippen LogP contribution in [-0.4, -0.2) is 33.7 Å². The molecule has 1 aromatic carbocycles. The van der Waals surface area contributed by atoms with Gasteiger partial charge in [0.2, 0.25) is 0 Å². The fraction of sp³-hybridized carbons (Fsp3) is 0.333. The molecule has 2 aromatic heterocycles. The van der Waals surface area contributed by atoms with E-state index < -0.39 is 0 Å². The van der Waals surface area contributed by atoms with Crippen molar-refractivity contribution in [1.82, 2.24) is 14.5 Å². The van der Waals surface area contributed by atoms with Gasteiger partial charge >= 0.3 is 0 Å². The average Bonchev–Trinajstić information content (AvgIpc) is 2.99. The number of fused-ring (bicyclic) bond motifs is 1. The lowest BCUT2D eigenvalue weighted by molar-refractivity contribution is 0.173. The van der Waals surface area contributed by atoms with Crippen molar-refractivity contribution in [3.8, 4) is 5.75 Å². The van der Waals surface area contributed by atoms with Gasteiger partial charge in [0.05, 0.1) is 11.7 Å². The maximum absolute atomic E-state index is 6.29. The second kappa shape index (κ2) is 5.91. The quantitative estimate of drug-likeness (QED) is 0.746. The number of hydrogen-bond acceptors (Lipinski definition) is 4. The van der Waals surface area contributed by atoms with Crippen LogP contribution in [0, 0.1) is 0 Å². The molecule has 3 aromatic rings. The van der Waals surface area contributed by atoms with Gasteiger partial charge < -0.3 is 14.2 Å². The number of benzene rings is 1. The highest BCUT2D eigenvalue weighted by Crippen LogP contribution is 2.29. The zero-order valence-electron chi connectivity index (χ0n) is 13.2. The monoisotopic (exact) mass is 308 g/mol. The highest BCUT2D eigenvalue weighted by molar-refractivity contribution is 5.86. The van der Waals surface area contributed by atoms with Crippen molar-refractivity contribution in [1.29, 1.82) is 0 Å². The third kappa shape index (κ3) is 2.74. The molecule has 1 aliphatic heterocycles. The summed E-state index contributed by atoms with van der Waals surface area (Å²) >= 11 is 0. The number of hydrogen-bond donors (Lipinski definition) is 0. The Hall–Kier alpha value is -2.56. The first-order valence-corrected chi connectivity index (χ1v) is 8.03. The molecule has 5 heteroatoms. The lowest BCUT2D eigenvalue weighted by Crippen LogP contribution is -2.38. The van der Waals surface area contributed by atoms with E-state index in [1.165, 1.54) is 10.9 Å². The second-order valence-corrected chi connectivity index (χ2v) is 5.98. The number of piperidine rings is 1. The molecular weight excluding hydrogens is 288 g/mol. The summed E-state index contributed by atoms with van der Waals surface area (Å²) in [6.07, 6.45) is 9.61. The second-order valence-electron chi connectivity index (χ2n) is 5.98. The van der Waals surface area contributed by atoms with Gasteiger partial charge in [0.25, 0.3) is 0 Å². The summed E-state index contributed by atoms with van der Waals surface area (Å²) in [7, 11) is 2.06. The Morgan fingerprint density at radius 2 is 2.00 bits per heavy atom.